The fraction of sp³-hybridized carbons (Fsp3) is 0.579. The lowest BCUT2D eigenvalue weighted by molar-refractivity contribution is -0.136. The smallest absolute Gasteiger partial charge is 0.225 e. The Morgan fingerprint density at radius 3 is 2.42 bits per heavy atom. The summed E-state index contributed by atoms with van der Waals surface area (Å²) in [7, 11) is 1.89. The van der Waals surface area contributed by atoms with Gasteiger partial charge in [-0.05, 0) is 46.6 Å². The van der Waals surface area contributed by atoms with Gasteiger partial charge in [0.05, 0.1) is 18.1 Å². The number of nitrogens with zero attached hydrogens (tertiary/aromatic N) is 6. The molecule has 140 valence electrons. The molecule has 2 aromatic heterocycles. The van der Waals surface area contributed by atoms with Crippen LogP contribution in [0.3, 0.4) is 0 Å². The summed E-state index contributed by atoms with van der Waals surface area (Å²) in [6.45, 7) is 9.71. The Bertz CT molecular complexity index is 776. The van der Waals surface area contributed by atoms with Gasteiger partial charge in [-0.1, -0.05) is 0 Å². The third kappa shape index (κ3) is 3.71. The second kappa shape index (κ2) is 7.43. The van der Waals surface area contributed by atoms with Crippen LogP contribution in [0.5, 0.6) is 0 Å². The predicted molar refractivity (Wildman–Crippen MR) is 101 cm³/mol. The van der Waals surface area contributed by atoms with E-state index < -0.39 is 0 Å². The molecule has 1 saturated heterocycles. The van der Waals surface area contributed by atoms with E-state index in [9.17, 15) is 4.79 Å². The number of rotatable bonds is 4. The molecule has 1 fully saturated rings. The highest BCUT2D eigenvalue weighted by Gasteiger charge is 2.28. The van der Waals surface area contributed by atoms with Crippen LogP contribution >= 0.6 is 0 Å². The van der Waals surface area contributed by atoms with Crippen molar-refractivity contribution in [2.75, 3.05) is 25.0 Å². The number of aryl methyl sites for hydroxylation is 2. The summed E-state index contributed by atoms with van der Waals surface area (Å²) in [4.78, 5) is 25.7. The van der Waals surface area contributed by atoms with Gasteiger partial charge in [-0.25, -0.2) is 9.67 Å². The van der Waals surface area contributed by atoms with Gasteiger partial charge in [0.1, 0.15) is 5.82 Å². The van der Waals surface area contributed by atoms with Crippen LogP contribution in [-0.4, -0.2) is 56.7 Å². The van der Waals surface area contributed by atoms with Gasteiger partial charge in [0.25, 0.3) is 0 Å². The van der Waals surface area contributed by atoms with Gasteiger partial charge >= 0.3 is 0 Å². The summed E-state index contributed by atoms with van der Waals surface area (Å²) in [5.41, 5.74) is 2.00. The van der Waals surface area contributed by atoms with Crippen LogP contribution in [0.25, 0.3) is 5.82 Å². The first-order valence-corrected chi connectivity index (χ1v) is 9.24. The average Bonchev–Trinajstić information content (AvgIpc) is 2.99. The Morgan fingerprint density at radius 2 is 1.85 bits per heavy atom. The summed E-state index contributed by atoms with van der Waals surface area (Å²) >= 11 is 0. The lowest BCUT2D eigenvalue weighted by atomic mass is 9.95. The molecular weight excluding hydrogens is 328 g/mol. The molecule has 0 N–H and O–H groups in total. The topological polar surface area (TPSA) is 67.2 Å². The maximum Gasteiger partial charge on any atom is 0.225 e. The number of aromatic nitrogens is 4. The Balaban J connectivity index is 1.69. The zero-order valence-electron chi connectivity index (χ0n) is 16.3. The fourth-order valence-electron chi connectivity index (χ4n) is 3.36. The van der Waals surface area contributed by atoms with Crippen molar-refractivity contribution in [3.8, 4) is 5.82 Å². The SMILES string of the molecule is Cc1cc(C)n(-c2cncc(N3CCC(C(=O)N(C)C(C)C)CC3)n2)n1. The minimum Gasteiger partial charge on any atom is -0.355 e. The van der Waals surface area contributed by atoms with Crippen LogP contribution in [0.2, 0.25) is 0 Å². The fourth-order valence-corrected chi connectivity index (χ4v) is 3.36. The van der Waals surface area contributed by atoms with Gasteiger partial charge in [-0.15, -0.1) is 0 Å². The summed E-state index contributed by atoms with van der Waals surface area (Å²) in [6.07, 6.45) is 5.22. The van der Waals surface area contributed by atoms with E-state index in [1.807, 2.05) is 50.4 Å². The molecule has 0 aliphatic carbocycles. The molecule has 0 radical (unpaired) electrons. The molecule has 0 spiro atoms. The van der Waals surface area contributed by atoms with Crippen molar-refractivity contribution < 1.29 is 4.79 Å². The highest BCUT2D eigenvalue weighted by Crippen LogP contribution is 2.24. The summed E-state index contributed by atoms with van der Waals surface area (Å²) < 4.78 is 1.82. The minimum atomic E-state index is 0.103. The second-order valence-corrected chi connectivity index (χ2v) is 7.38. The number of hydrogen-bond donors (Lipinski definition) is 0. The minimum absolute atomic E-state index is 0.103. The lowest BCUT2D eigenvalue weighted by Crippen LogP contribution is -2.43. The van der Waals surface area contributed by atoms with Crippen LogP contribution in [0.4, 0.5) is 5.82 Å². The van der Waals surface area contributed by atoms with Gasteiger partial charge in [-0.3, -0.25) is 9.78 Å². The van der Waals surface area contributed by atoms with E-state index in [4.69, 9.17) is 4.98 Å². The zero-order valence-corrected chi connectivity index (χ0v) is 16.3. The zero-order chi connectivity index (χ0) is 18.8. The van der Waals surface area contributed by atoms with Crippen molar-refractivity contribution in [2.45, 2.75) is 46.6 Å². The number of amides is 1. The lowest BCUT2D eigenvalue weighted by Gasteiger charge is -2.34. The van der Waals surface area contributed by atoms with E-state index in [2.05, 4.69) is 15.0 Å². The van der Waals surface area contributed by atoms with Crippen LogP contribution in [0.1, 0.15) is 38.1 Å². The molecule has 2 aromatic rings. The van der Waals surface area contributed by atoms with Crippen molar-refractivity contribution in [3.05, 3.63) is 29.8 Å². The standard InChI is InChI=1S/C19H28N6O/c1-13(2)23(5)19(26)16-6-8-24(9-7-16)17-11-20-12-18(21-17)25-15(4)10-14(3)22-25/h10-13,16H,6-9H2,1-5H3. The van der Waals surface area contributed by atoms with E-state index in [0.717, 1.165) is 49.0 Å². The van der Waals surface area contributed by atoms with Crippen molar-refractivity contribution >= 4 is 11.7 Å². The van der Waals surface area contributed by atoms with Crippen molar-refractivity contribution in [3.63, 3.8) is 0 Å². The summed E-state index contributed by atoms with van der Waals surface area (Å²) in [6, 6.07) is 2.26. The average molecular weight is 356 g/mol. The Morgan fingerprint density at radius 1 is 1.19 bits per heavy atom. The predicted octanol–water partition coefficient (Wildman–Crippen LogP) is 2.36. The monoisotopic (exact) mass is 356 g/mol. The molecule has 7 heteroatoms. The van der Waals surface area contributed by atoms with Gasteiger partial charge in [0.2, 0.25) is 5.91 Å². The van der Waals surface area contributed by atoms with Crippen molar-refractivity contribution in [1.82, 2.24) is 24.6 Å². The van der Waals surface area contributed by atoms with Gasteiger partial charge in [-0.2, -0.15) is 5.10 Å². The molecule has 0 saturated carbocycles. The van der Waals surface area contributed by atoms with Gasteiger partial charge in [0, 0.05) is 37.8 Å². The first kappa shape index (κ1) is 18.4. The maximum absolute atomic E-state index is 12.5. The molecule has 0 unspecified atom stereocenters. The molecule has 3 rings (SSSR count). The van der Waals surface area contributed by atoms with E-state index in [1.54, 1.807) is 12.4 Å². The van der Waals surface area contributed by atoms with E-state index in [0.29, 0.717) is 0 Å². The first-order chi connectivity index (χ1) is 12.4. The van der Waals surface area contributed by atoms with E-state index in [1.165, 1.54) is 0 Å². The molecule has 3 heterocycles. The molecule has 1 aliphatic heterocycles. The van der Waals surface area contributed by atoms with Crippen LogP contribution in [-0.2, 0) is 4.79 Å². The highest BCUT2D eigenvalue weighted by atomic mass is 16.2. The van der Waals surface area contributed by atoms with Crippen LogP contribution in [0, 0.1) is 19.8 Å². The van der Waals surface area contributed by atoms with E-state index in [-0.39, 0.29) is 17.9 Å². The van der Waals surface area contributed by atoms with E-state index >= 15 is 0 Å². The molecule has 0 bridgehead atoms. The molecule has 1 aliphatic rings. The second-order valence-electron chi connectivity index (χ2n) is 7.38. The third-order valence-corrected chi connectivity index (χ3v) is 5.13. The number of hydrogen-bond acceptors (Lipinski definition) is 5. The number of piperidine rings is 1. The molecule has 7 nitrogen and oxygen atoms in total. The Labute approximate surface area is 155 Å². The highest BCUT2D eigenvalue weighted by molar-refractivity contribution is 5.79. The largest absolute Gasteiger partial charge is 0.355 e. The molecule has 1 amide bonds. The van der Waals surface area contributed by atoms with Gasteiger partial charge < -0.3 is 9.80 Å². The molecule has 0 aromatic carbocycles. The van der Waals surface area contributed by atoms with Gasteiger partial charge in [0.15, 0.2) is 5.82 Å². The van der Waals surface area contributed by atoms with Crippen molar-refractivity contribution in [1.29, 1.82) is 0 Å². The summed E-state index contributed by atoms with van der Waals surface area (Å²) in [5.74, 6) is 1.93. The first-order valence-electron chi connectivity index (χ1n) is 9.24. The summed E-state index contributed by atoms with van der Waals surface area (Å²) in [5, 5.41) is 4.48. The molecule has 0 atom stereocenters. The maximum atomic E-state index is 12.5. The molecule has 26 heavy (non-hydrogen) atoms. The number of anilines is 1. The normalized spacial score (nSPS) is 15.5. The number of carbonyl (C=O) groups is 1. The third-order valence-electron chi connectivity index (χ3n) is 5.13. The Kier molecular flexibility index (Phi) is 5.25. The molecular formula is C19H28N6O. The van der Waals surface area contributed by atoms with Crippen molar-refractivity contribution in [2.24, 2.45) is 5.92 Å². The van der Waals surface area contributed by atoms with Crippen LogP contribution in [0.15, 0.2) is 18.5 Å². The number of carbonyl (C=O) groups excluding carboxylic acids is 1. The Hall–Kier alpha value is -2.44. The van der Waals surface area contributed by atoms with Crippen LogP contribution < -0.4 is 4.90 Å². The quantitative estimate of drug-likeness (QED) is 0.841.